The van der Waals surface area contributed by atoms with Gasteiger partial charge in [0.25, 0.3) is 0 Å². The van der Waals surface area contributed by atoms with E-state index in [-0.39, 0.29) is 12.5 Å². The molecule has 2 unspecified atom stereocenters. The molecule has 0 aliphatic heterocycles. The van der Waals surface area contributed by atoms with Crippen molar-refractivity contribution in [2.75, 3.05) is 20.8 Å². The molecule has 1 aromatic carbocycles. The van der Waals surface area contributed by atoms with Crippen molar-refractivity contribution in [3.63, 3.8) is 0 Å². The first-order valence-electron chi connectivity index (χ1n) is 7.02. The fourth-order valence-electron chi connectivity index (χ4n) is 2.27. The average molecular weight is 296 g/mol. The van der Waals surface area contributed by atoms with E-state index in [1.807, 2.05) is 13.8 Å². The Morgan fingerprint density at radius 2 is 1.90 bits per heavy atom. The lowest BCUT2D eigenvalue weighted by Gasteiger charge is -2.26. The minimum absolute atomic E-state index is 0.0741. The summed E-state index contributed by atoms with van der Waals surface area (Å²) in [6.07, 6.45) is -1.02. The zero-order valence-corrected chi connectivity index (χ0v) is 13.3. The van der Waals surface area contributed by atoms with Crippen molar-refractivity contribution in [2.45, 2.75) is 26.9 Å². The lowest BCUT2D eigenvalue weighted by molar-refractivity contribution is -0.154. The second-order valence-corrected chi connectivity index (χ2v) is 5.07. The molecule has 0 heterocycles. The summed E-state index contributed by atoms with van der Waals surface area (Å²) < 4.78 is 15.5. The normalized spacial score (nSPS) is 13.7. The second kappa shape index (κ2) is 7.88. The highest BCUT2D eigenvalue weighted by molar-refractivity contribution is 5.74. The third-order valence-electron chi connectivity index (χ3n) is 3.37. The van der Waals surface area contributed by atoms with Gasteiger partial charge in [0.05, 0.1) is 32.8 Å². The van der Waals surface area contributed by atoms with Crippen molar-refractivity contribution in [3.8, 4) is 11.5 Å². The van der Waals surface area contributed by atoms with E-state index in [1.165, 1.54) is 7.11 Å². The Kier molecular flexibility index (Phi) is 6.49. The Bertz CT molecular complexity index is 470. The number of ether oxygens (including phenoxy) is 3. The van der Waals surface area contributed by atoms with Gasteiger partial charge >= 0.3 is 5.97 Å². The molecule has 5 nitrogen and oxygen atoms in total. The standard InChI is InChI=1S/C16H24O5/c1-6-21-16(18)14(10(2)3)15(17)12-9-11(19-4)7-8-13(12)20-5/h7-10,14-15,17H,6H2,1-5H3. The van der Waals surface area contributed by atoms with Crippen LogP contribution in [0, 0.1) is 11.8 Å². The average Bonchev–Trinajstić information content (AvgIpc) is 2.46. The van der Waals surface area contributed by atoms with E-state index in [9.17, 15) is 9.90 Å². The molecule has 1 N–H and O–H groups in total. The van der Waals surface area contributed by atoms with Crippen LogP contribution in [-0.2, 0) is 9.53 Å². The summed E-state index contributed by atoms with van der Waals surface area (Å²) in [6.45, 7) is 5.77. The summed E-state index contributed by atoms with van der Waals surface area (Å²) in [5.41, 5.74) is 0.517. The van der Waals surface area contributed by atoms with Crippen molar-refractivity contribution in [1.82, 2.24) is 0 Å². The van der Waals surface area contributed by atoms with E-state index in [1.54, 1.807) is 32.2 Å². The monoisotopic (exact) mass is 296 g/mol. The number of hydrogen-bond acceptors (Lipinski definition) is 5. The Morgan fingerprint density at radius 3 is 2.38 bits per heavy atom. The van der Waals surface area contributed by atoms with Crippen LogP contribution in [0.15, 0.2) is 18.2 Å². The van der Waals surface area contributed by atoms with E-state index >= 15 is 0 Å². The molecular formula is C16H24O5. The maximum atomic E-state index is 12.1. The fourth-order valence-corrected chi connectivity index (χ4v) is 2.27. The van der Waals surface area contributed by atoms with Crippen LogP contribution >= 0.6 is 0 Å². The van der Waals surface area contributed by atoms with E-state index in [0.717, 1.165) is 0 Å². The number of rotatable bonds is 7. The molecule has 0 amide bonds. The fraction of sp³-hybridized carbons (Fsp3) is 0.562. The zero-order chi connectivity index (χ0) is 16.0. The summed E-state index contributed by atoms with van der Waals surface area (Å²) in [4.78, 5) is 12.1. The van der Waals surface area contributed by atoms with Gasteiger partial charge in [0.1, 0.15) is 11.5 Å². The van der Waals surface area contributed by atoms with E-state index in [2.05, 4.69) is 0 Å². The summed E-state index contributed by atoms with van der Waals surface area (Å²) in [6, 6.07) is 5.13. The van der Waals surface area contributed by atoms with Crippen LogP contribution in [0.4, 0.5) is 0 Å². The SMILES string of the molecule is CCOC(=O)C(C(C)C)C(O)c1cc(OC)ccc1OC. The molecule has 118 valence electrons. The Balaban J connectivity index is 3.18. The van der Waals surface area contributed by atoms with Gasteiger partial charge in [0.2, 0.25) is 0 Å². The summed E-state index contributed by atoms with van der Waals surface area (Å²) in [5, 5.41) is 10.6. The van der Waals surface area contributed by atoms with Crippen molar-refractivity contribution in [1.29, 1.82) is 0 Å². The number of benzene rings is 1. The van der Waals surface area contributed by atoms with Gasteiger partial charge in [-0.2, -0.15) is 0 Å². The highest BCUT2D eigenvalue weighted by atomic mass is 16.5. The molecule has 0 bridgehead atoms. The first-order valence-corrected chi connectivity index (χ1v) is 7.02. The number of esters is 1. The lowest BCUT2D eigenvalue weighted by Crippen LogP contribution is -2.29. The van der Waals surface area contributed by atoms with Crippen LogP contribution in [0.2, 0.25) is 0 Å². The molecule has 0 aliphatic rings. The molecule has 0 fully saturated rings. The maximum absolute atomic E-state index is 12.1. The van der Waals surface area contributed by atoms with Gasteiger partial charge in [-0.15, -0.1) is 0 Å². The summed E-state index contributed by atoms with van der Waals surface area (Å²) >= 11 is 0. The van der Waals surface area contributed by atoms with Crippen LogP contribution in [-0.4, -0.2) is 31.9 Å². The third-order valence-corrected chi connectivity index (χ3v) is 3.37. The molecule has 0 saturated heterocycles. The van der Waals surface area contributed by atoms with Gasteiger partial charge in [-0.05, 0) is 31.0 Å². The topological polar surface area (TPSA) is 65.0 Å². The highest BCUT2D eigenvalue weighted by Crippen LogP contribution is 2.36. The molecular weight excluding hydrogens is 272 g/mol. The molecule has 1 rings (SSSR count). The number of aliphatic hydroxyl groups excluding tert-OH is 1. The molecule has 0 aliphatic carbocycles. The van der Waals surface area contributed by atoms with E-state index in [0.29, 0.717) is 17.1 Å². The number of aliphatic hydroxyl groups is 1. The van der Waals surface area contributed by atoms with Gasteiger partial charge in [0, 0.05) is 5.56 Å². The van der Waals surface area contributed by atoms with Crippen molar-refractivity contribution in [2.24, 2.45) is 11.8 Å². The van der Waals surface area contributed by atoms with Crippen LogP contribution in [0.5, 0.6) is 11.5 Å². The molecule has 5 heteroatoms. The largest absolute Gasteiger partial charge is 0.497 e. The van der Waals surface area contributed by atoms with E-state index in [4.69, 9.17) is 14.2 Å². The highest BCUT2D eigenvalue weighted by Gasteiger charge is 2.34. The number of methoxy groups -OCH3 is 2. The van der Waals surface area contributed by atoms with Crippen molar-refractivity contribution < 1.29 is 24.1 Å². The lowest BCUT2D eigenvalue weighted by atomic mass is 9.86. The molecule has 2 atom stereocenters. The van der Waals surface area contributed by atoms with Crippen molar-refractivity contribution >= 4 is 5.97 Å². The molecule has 0 radical (unpaired) electrons. The Hall–Kier alpha value is -1.75. The number of carbonyl (C=O) groups is 1. The molecule has 21 heavy (non-hydrogen) atoms. The van der Waals surface area contributed by atoms with Crippen LogP contribution in [0.1, 0.15) is 32.4 Å². The predicted molar refractivity (Wildman–Crippen MR) is 79.5 cm³/mol. The van der Waals surface area contributed by atoms with E-state index < -0.39 is 18.0 Å². The van der Waals surface area contributed by atoms with Gasteiger partial charge in [-0.25, -0.2) is 0 Å². The third kappa shape index (κ3) is 4.11. The van der Waals surface area contributed by atoms with Gasteiger partial charge in [0.15, 0.2) is 0 Å². The van der Waals surface area contributed by atoms with Crippen LogP contribution in [0.3, 0.4) is 0 Å². The molecule has 0 aromatic heterocycles. The van der Waals surface area contributed by atoms with Crippen LogP contribution in [0.25, 0.3) is 0 Å². The maximum Gasteiger partial charge on any atom is 0.312 e. The Morgan fingerprint density at radius 1 is 1.24 bits per heavy atom. The first kappa shape index (κ1) is 17.3. The number of carbonyl (C=O) groups excluding carboxylic acids is 1. The summed E-state index contributed by atoms with van der Waals surface area (Å²) in [7, 11) is 3.07. The minimum Gasteiger partial charge on any atom is -0.497 e. The molecule has 0 spiro atoms. The predicted octanol–water partition coefficient (Wildman–Crippen LogP) is 2.57. The minimum atomic E-state index is -1.02. The van der Waals surface area contributed by atoms with Crippen molar-refractivity contribution in [3.05, 3.63) is 23.8 Å². The quantitative estimate of drug-likeness (QED) is 0.783. The molecule has 0 saturated carbocycles. The zero-order valence-electron chi connectivity index (χ0n) is 13.3. The van der Waals surface area contributed by atoms with Gasteiger partial charge in [-0.1, -0.05) is 13.8 Å². The number of hydrogen-bond donors (Lipinski definition) is 1. The van der Waals surface area contributed by atoms with Gasteiger partial charge in [-0.3, -0.25) is 4.79 Å². The molecule has 1 aromatic rings. The smallest absolute Gasteiger partial charge is 0.312 e. The Labute approximate surface area is 125 Å². The van der Waals surface area contributed by atoms with Crippen LogP contribution < -0.4 is 9.47 Å². The second-order valence-electron chi connectivity index (χ2n) is 5.07. The summed E-state index contributed by atoms with van der Waals surface area (Å²) in [5.74, 6) is -0.0414. The van der Waals surface area contributed by atoms with Gasteiger partial charge < -0.3 is 19.3 Å². The first-order chi connectivity index (χ1) is 9.96.